The standard InChI is InChI=1S/C24H37Cl3N4O4S/c1-3-4-5-6-7-8-9-10-11-12-13-14-21(32)29-22(24(25,26)27)30-23(36)28-19-16-15-18(35-2)17-20(19)31(33)34/h15-17,22H,3-14H2,1-2H3,(H,29,32)(H2,28,30,36)/t22-/m0/s1. The van der Waals surface area contributed by atoms with E-state index in [4.69, 9.17) is 51.8 Å². The van der Waals surface area contributed by atoms with E-state index in [0.29, 0.717) is 12.2 Å². The summed E-state index contributed by atoms with van der Waals surface area (Å²) in [6, 6.07) is 4.24. The summed E-state index contributed by atoms with van der Waals surface area (Å²) in [5.41, 5.74) is -0.127. The Labute approximate surface area is 234 Å². The Kier molecular flexibility index (Phi) is 16.1. The number of thiocarbonyl (C=S) groups is 1. The first-order valence-electron chi connectivity index (χ1n) is 12.3. The monoisotopic (exact) mass is 582 g/mol. The van der Waals surface area contributed by atoms with Gasteiger partial charge in [0, 0.05) is 6.42 Å². The molecule has 0 fully saturated rings. The third-order valence-corrected chi connectivity index (χ3v) is 6.44. The summed E-state index contributed by atoms with van der Waals surface area (Å²) in [6.45, 7) is 2.22. The van der Waals surface area contributed by atoms with Crippen molar-refractivity contribution in [2.45, 2.75) is 93.9 Å². The van der Waals surface area contributed by atoms with Crippen LogP contribution in [-0.4, -0.2) is 33.0 Å². The van der Waals surface area contributed by atoms with Crippen molar-refractivity contribution in [3.63, 3.8) is 0 Å². The van der Waals surface area contributed by atoms with Crippen molar-refractivity contribution >= 4 is 69.4 Å². The molecule has 1 rings (SSSR count). The first-order valence-corrected chi connectivity index (χ1v) is 13.9. The maximum absolute atomic E-state index is 12.4. The molecule has 0 saturated carbocycles. The van der Waals surface area contributed by atoms with Crippen LogP contribution < -0.4 is 20.7 Å². The van der Waals surface area contributed by atoms with E-state index < -0.39 is 14.9 Å². The zero-order chi connectivity index (χ0) is 27.0. The fourth-order valence-electron chi connectivity index (χ4n) is 3.57. The maximum Gasteiger partial charge on any atom is 0.296 e. The molecule has 1 aromatic carbocycles. The number of halogens is 3. The Bertz CT molecular complexity index is 840. The van der Waals surface area contributed by atoms with Gasteiger partial charge in [0.2, 0.25) is 9.70 Å². The number of hydrogen-bond donors (Lipinski definition) is 3. The zero-order valence-corrected chi connectivity index (χ0v) is 24.0. The predicted molar refractivity (Wildman–Crippen MR) is 152 cm³/mol. The topological polar surface area (TPSA) is 106 Å². The van der Waals surface area contributed by atoms with Crippen LogP contribution in [0.15, 0.2) is 18.2 Å². The van der Waals surface area contributed by atoms with Crippen molar-refractivity contribution < 1.29 is 14.5 Å². The number of nitrogens with one attached hydrogen (secondary N) is 3. The molecular formula is C24H37Cl3N4O4S. The molecule has 1 aromatic rings. The highest BCUT2D eigenvalue weighted by Gasteiger charge is 2.34. The van der Waals surface area contributed by atoms with Gasteiger partial charge in [0.15, 0.2) is 5.11 Å². The van der Waals surface area contributed by atoms with E-state index >= 15 is 0 Å². The lowest BCUT2D eigenvalue weighted by Crippen LogP contribution is -2.56. The molecule has 1 amide bonds. The van der Waals surface area contributed by atoms with Crippen LogP contribution in [0.2, 0.25) is 0 Å². The number of anilines is 1. The molecular weight excluding hydrogens is 547 g/mol. The Morgan fingerprint density at radius 3 is 2.08 bits per heavy atom. The summed E-state index contributed by atoms with van der Waals surface area (Å²) < 4.78 is 3.11. The van der Waals surface area contributed by atoms with Crippen molar-refractivity contribution in [3.8, 4) is 5.75 Å². The van der Waals surface area contributed by atoms with Crippen LogP contribution in [0.5, 0.6) is 5.75 Å². The molecule has 0 aliphatic heterocycles. The zero-order valence-electron chi connectivity index (χ0n) is 20.9. The summed E-state index contributed by atoms with van der Waals surface area (Å²) in [5.74, 6) is 0.0351. The van der Waals surface area contributed by atoms with E-state index in [0.717, 1.165) is 19.3 Å². The summed E-state index contributed by atoms with van der Waals surface area (Å²) >= 11 is 23.3. The molecule has 0 aromatic heterocycles. The highest BCUT2D eigenvalue weighted by Crippen LogP contribution is 2.31. The summed E-state index contributed by atoms with van der Waals surface area (Å²) in [5, 5.41) is 19.4. The van der Waals surface area contributed by atoms with Crippen LogP contribution in [0.3, 0.4) is 0 Å². The summed E-state index contributed by atoms with van der Waals surface area (Å²) in [4.78, 5) is 23.2. The number of ether oxygens (including phenoxy) is 1. The molecule has 0 heterocycles. The average molecular weight is 584 g/mol. The Morgan fingerprint density at radius 1 is 1.03 bits per heavy atom. The number of unbranched alkanes of at least 4 members (excludes halogenated alkanes) is 10. The van der Waals surface area contributed by atoms with Gasteiger partial charge in [-0.1, -0.05) is 106 Å². The van der Waals surface area contributed by atoms with Gasteiger partial charge in [-0.25, -0.2) is 0 Å². The largest absolute Gasteiger partial charge is 0.496 e. The maximum atomic E-state index is 12.4. The number of nitrogens with zero attached hydrogens (tertiary/aromatic N) is 1. The van der Waals surface area contributed by atoms with Gasteiger partial charge in [-0.05, 0) is 30.8 Å². The van der Waals surface area contributed by atoms with Gasteiger partial charge in [-0.2, -0.15) is 0 Å². The number of carbonyl (C=O) groups excluding carboxylic acids is 1. The van der Waals surface area contributed by atoms with E-state index in [-0.39, 0.29) is 22.4 Å². The fourth-order valence-corrected chi connectivity index (χ4v) is 4.12. The van der Waals surface area contributed by atoms with Crippen molar-refractivity contribution in [1.82, 2.24) is 10.6 Å². The van der Waals surface area contributed by atoms with Crippen LogP contribution in [0, 0.1) is 10.1 Å². The van der Waals surface area contributed by atoms with Gasteiger partial charge in [-0.15, -0.1) is 0 Å². The lowest BCUT2D eigenvalue weighted by Gasteiger charge is -2.27. The number of benzene rings is 1. The Hall–Kier alpha value is -1.55. The molecule has 3 N–H and O–H groups in total. The molecule has 0 spiro atoms. The lowest BCUT2D eigenvalue weighted by atomic mass is 10.1. The van der Waals surface area contributed by atoms with Gasteiger partial charge in [-0.3, -0.25) is 14.9 Å². The number of rotatable bonds is 17. The second kappa shape index (κ2) is 17.8. The molecule has 1 atom stereocenters. The van der Waals surface area contributed by atoms with Crippen LogP contribution >= 0.6 is 47.0 Å². The van der Waals surface area contributed by atoms with Crippen molar-refractivity contribution in [1.29, 1.82) is 0 Å². The summed E-state index contributed by atoms with van der Waals surface area (Å²) in [7, 11) is 1.41. The molecule has 0 radical (unpaired) electrons. The van der Waals surface area contributed by atoms with E-state index in [9.17, 15) is 14.9 Å². The van der Waals surface area contributed by atoms with Crippen molar-refractivity contribution in [2.24, 2.45) is 0 Å². The molecule has 0 aliphatic rings. The van der Waals surface area contributed by atoms with Crippen LogP contribution in [0.25, 0.3) is 0 Å². The number of amides is 1. The second-order valence-electron chi connectivity index (χ2n) is 8.57. The highest BCUT2D eigenvalue weighted by molar-refractivity contribution is 7.80. The van der Waals surface area contributed by atoms with Crippen molar-refractivity contribution in [2.75, 3.05) is 12.4 Å². The first-order chi connectivity index (χ1) is 17.1. The van der Waals surface area contributed by atoms with E-state index in [1.807, 2.05) is 0 Å². The van der Waals surface area contributed by atoms with Gasteiger partial charge >= 0.3 is 0 Å². The number of nitro groups is 1. The first kappa shape index (κ1) is 32.5. The fraction of sp³-hybridized carbons (Fsp3) is 0.667. The molecule has 204 valence electrons. The van der Waals surface area contributed by atoms with Gasteiger partial charge in [0.25, 0.3) is 5.69 Å². The summed E-state index contributed by atoms with van der Waals surface area (Å²) in [6.07, 6.45) is 12.1. The number of nitro benzene ring substituents is 1. The van der Waals surface area contributed by atoms with Crippen LogP contribution in [0.4, 0.5) is 11.4 Å². The number of methoxy groups -OCH3 is 1. The van der Waals surface area contributed by atoms with E-state index in [2.05, 4.69) is 22.9 Å². The van der Waals surface area contributed by atoms with Gasteiger partial charge < -0.3 is 20.7 Å². The van der Waals surface area contributed by atoms with Crippen molar-refractivity contribution in [3.05, 3.63) is 28.3 Å². The molecule has 0 unspecified atom stereocenters. The predicted octanol–water partition coefficient (Wildman–Crippen LogP) is 7.40. The lowest BCUT2D eigenvalue weighted by molar-refractivity contribution is -0.384. The second-order valence-corrected chi connectivity index (χ2v) is 11.3. The Morgan fingerprint density at radius 2 is 1.58 bits per heavy atom. The van der Waals surface area contributed by atoms with Gasteiger partial charge in [0.05, 0.1) is 18.1 Å². The quantitative estimate of drug-likeness (QED) is 0.0438. The number of carbonyl (C=O) groups is 1. The number of alkyl halides is 3. The minimum atomic E-state index is -1.91. The highest BCUT2D eigenvalue weighted by atomic mass is 35.6. The van der Waals surface area contributed by atoms with Crippen LogP contribution in [0.1, 0.15) is 84.0 Å². The smallest absolute Gasteiger partial charge is 0.296 e. The molecule has 12 heteroatoms. The molecule has 0 aliphatic carbocycles. The van der Waals surface area contributed by atoms with Gasteiger partial charge in [0.1, 0.15) is 17.6 Å². The average Bonchev–Trinajstić information content (AvgIpc) is 2.81. The molecule has 0 bridgehead atoms. The molecule has 8 nitrogen and oxygen atoms in total. The molecule has 36 heavy (non-hydrogen) atoms. The minimum absolute atomic E-state index is 0.0606. The minimum Gasteiger partial charge on any atom is -0.496 e. The normalized spacial score (nSPS) is 12.0. The molecule has 0 saturated heterocycles. The SMILES string of the molecule is CCCCCCCCCCCCCC(=O)N[C@@H](NC(=S)Nc1ccc(OC)cc1[N+](=O)[O-])C(Cl)(Cl)Cl. The van der Waals surface area contributed by atoms with E-state index in [1.165, 1.54) is 70.6 Å². The Balaban J connectivity index is 2.44. The number of hydrogen-bond acceptors (Lipinski definition) is 5. The third-order valence-electron chi connectivity index (χ3n) is 5.57. The van der Waals surface area contributed by atoms with E-state index in [1.54, 1.807) is 6.07 Å². The van der Waals surface area contributed by atoms with Crippen LogP contribution in [-0.2, 0) is 4.79 Å². The third kappa shape index (κ3) is 13.7.